The first kappa shape index (κ1) is 28.4. The molecule has 0 N–H and O–H groups in total. The van der Waals surface area contributed by atoms with Gasteiger partial charge in [0.15, 0.2) is 0 Å². The van der Waals surface area contributed by atoms with E-state index in [9.17, 15) is 0 Å². The third-order valence-electron chi connectivity index (χ3n) is 11.1. The molecular weight excluding hydrogens is 607 g/mol. The van der Waals surface area contributed by atoms with Crippen molar-refractivity contribution in [2.45, 2.75) is 20.0 Å². The molecule has 49 heavy (non-hydrogen) atoms. The van der Waals surface area contributed by atoms with Crippen molar-refractivity contribution in [2.24, 2.45) is 0 Å². The highest BCUT2D eigenvalue weighted by Crippen LogP contribution is 2.45. The number of hydrogen-bond acceptors (Lipinski definition) is 2. The summed E-state index contributed by atoms with van der Waals surface area (Å²) in [6, 6.07) is 58.8. The molecule has 0 saturated heterocycles. The molecule has 0 bridgehead atoms. The van der Waals surface area contributed by atoms with Crippen molar-refractivity contribution in [1.29, 1.82) is 0 Å². The smallest absolute Gasteiger partial charge is 0.251 e. The van der Waals surface area contributed by atoms with Crippen LogP contribution < -0.4 is 36.6 Å². The Labute approximate surface area is 290 Å². The largest absolute Gasteiger partial charge is 0.311 e. The van der Waals surface area contributed by atoms with Crippen molar-refractivity contribution in [3.63, 3.8) is 0 Å². The van der Waals surface area contributed by atoms with Crippen molar-refractivity contribution in [2.75, 3.05) is 9.80 Å². The summed E-state index contributed by atoms with van der Waals surface area (Å²) >= 11 is 0. The second kappa shape index (κ2) is 10.5. The molecule has 2 nitrogen and oxygen atoms in total. The van der Waals surface area contributed by atoms with E-state index >= 15 is 0 Å². The van der Waals surface area contributed by atoms with Gasteiger partial charge in [0.2, 0.25) is 0 Å². The zero-order valence-corrected chi connectivity index (χ0v) is 29.0. The van der Waals surface area contributed by atoms with E-state index in [1.54, 1.807) is 10.4 Å². The summed E-state index contributed by atoms with van der Waals surface area (Å²) in [5.74, 6) is 0. The van der Waals surface area contributed by atoms with Crippen molar-refractivity contribution < 1.29 is 0 Å². The van der Waals surface area contributed by atoms with Crippen molar-refractivity contribution in [3.8, 4) is 22.3 Å². The maximum absolute atomic E-state index is 2.55. The van der Waals surface area contributed by atoms with E-state index in [2.05, 4.69) is 188 Å². The first-order valence-corrected chi connectivity index (χ1v) is 20.3. The minimum atomic E-state index is -2.04. The first-order chi connectivity index (χ1) is 24.0. The van der Waals surface area contributed by atoms with Crippen LogP contribution in [0.3, 0.4) is 0 Å². The molecule has 10 rings (SSSR count). The zero-order chi connectivity index (χ0) is 32.9. The minimum absolute atomic E-state index is 0.197. The fourth-order valence-electron chi connectivity index (χ4n) is 8.88. The highest BCUT2D eigenvalue weighted by atomic mass is 28.3. The molecule has 232 valence electrons. The zero-order valence-electron chi connectivity index (χ0n) is 28.0. The highest BCUT2D eigenvalue weighted by Gasteiger charge is 2.51. The average Bonchev–Trinajstić information content (AvgIpc) is 3.14. The third kappa shape index (κ3) is 4.07. The Hall–Kier alpha value is -5.58. The van der Waals surface area contributed by atoms with E-state index < -0.39 is 8.07 Å². The molecule has 0 fully saturated rings. The van der Waals surface area contributed by atoms with Gasteiger partial charge < -0.3 is 9.80 Å². The summed E-state index contributed by atoms with van der Waals surface area (Å²) < 4.78 is 0. The summed E-state index contributed by atoms with van der Waals surface area (Å²) in [6.07, 6.45) is 0. The predicted molar refractivity (Wildman–Crippen MR) is 213 cm³/mol. The lowest BCUT2D eigenvalue weighted by Crippen LogP contribution is -2.79. The monoisotopic (exact) mass is 642 g/mol. The average molecular weight is 643 g/mol. The van der Waals surface area contributed by atoms with Gasteiger partial charge >= 0.3 is 0 Å². The number of rotatable bonds is 4. The molecule has 0 aliphatic carbocycles. The lowest BCUT2D eigenvalue weighted by Gasteiger charge is -2.50. The molecule has 0 spiro atoms. The molecule has 3 aliphatic rings. The highest BCUT2D eigenvalue weighted by molar-refractivity contribution is 7.16. The van der Waals surface area contributed by atoms with Crippen LogP contribution in [0.25, 0.3) is 22.3 Å². The Morgan fingerprint density at radius 1 is 0.408 bits per heavy atom. The lowest BCUT2D eigenvalue weighted by molar-refractivity contribution is 1.24. The molecular formula is C45H35BN2Si. The van der Waals surface area contributed by atoms with Crippen LogP contribution in [0.1, 0.15) is 5.56 Å². The molecule has 0 atom stereocenters. The van der Waals surface area contributed by atoms with Gasteiger partial charge in [0, 0.05) is 34.1 Å². The second-order valence-electron chi connectivity index (χ2n) is 14.2. The Morgan fingerprint density at radius 3 is 1.24 bits per heavy atom. The Kier molecular flexibility index (Phi) is 6.07. The standard InChI is InChI=1S/C45H35BN2Si/c1-30-28-39-43-40(29-30)48(36-26-22-34(23-27-36)32-14-8-5-9-15-32)38-17-11-19-42-45(38)46(43)44-37(16-10-18-41(44)49(42,2)3)47(39)35-24-20-33(21-25-35)31-12-6-4-7-13-31/h4-29H,1-3H3. The molecule has 0 amide bonds. The van der Waals surface area contributed by atoms with Gasteiger partial charge in [0.25, 0.3) is 6.71 Å². The molecule has 4 heteroatoms. The van der Waals surface area contributed by atoms with Crippen LogP contribution in [0.4, 0.5) is 34.1 Å². The van der Waals surface area contributed by atoms with E-state index in [-0.39, 0.29) is 6.71 Å². The Bertz CT molecular complexity index is 2250. The van der Waals surface area contributed by atoms with E-state index in [0.717, 1.165) is 0 Å². The Morgan fingerprint density at radius 2 is 0.816 bits per heavy atom. The Balaban J connectivity index is 1.23. The molecule has 0 unspecified atom stereocenters. The summed E-state index contributed by atoms with van der Waals surface area (Å²) in [7, 11) is -2.04. The molecule has 0 saturated carbocycles. The van der Waals surface area contributed by atoms with Crippen LogP contribution in [0.15, 0.2) is 158 Å². The van der Waals surface area contributed by atoms with Crippen molar-refractivity contribution in [3.05, 3.63) is 163 Å². The fraction of sp³-hybridized carbons (Fsp3) is 0.0667. The number of benzene rings is 7. The van der Waals surface area contributed by atoms with Gasteiger partial charge in [-0.15, -0.1) is 0 Å². The van der Waals surface area contributed by atoms with Crippen LogP contribution >= 0.6 is 0 Å². The van der Waals surface area contributed by atoms with Crippen LogP contribution in [0.5, 0.6) is 0 Å². The van der Waals surface area contributed by atoms with Gasteiger partial charge in [0.05, 0.1) is 0 Å². The van der Waals surface area contributed by atoms with Crippen LogP contribution in [-0.2, 0) is 0 Å². The van der Waals surface area contributed by atoms with Gasteiger partial charge in [-0.05, 0) is 99.7 Å². The first-order valence-electron chi connectivity index (χ1n) is 17.3. The normalized spacial score (nSPS) is 14.5. The van der Waals surface area contributed by atoms with Gasteiger partial charge in [-0.25, -0.2) is 0 Å². The second-order valence-corrected chi connectivity index (χ2v) is 18.6. The fourth-order valence-corrected chi connectivity index (χ4v) is 12.1. The van der Waals surface area contributed by atoms with E-state index in [0.29, 0.717) is 0 Å². The van der Waals surface area contributed by atoms with Gasteiger partial charge in [0.1, 0.15) is 8.07 Å². The third-order valence-corrected chi connectivity index (χ3v) is 14.7. The quantitative estimate of drug-likeness (QED) is 0.178. The summed E-state index contributed by atoms with van der Waals surface area (Å²) in [5.41, 5.74) is 18.2. The van der Waals surface area contributed by atoms with Gasteiger partial charge in [-0.3, -0.25) is 0 Å². The molecule has 3 heterocycles. The van der Waals surface area contributed by atoms with Gasteiger partial charge in [-0.2, -0.15) is 0 Å². The van der Waals surface area contributed by atoms with E-state index in [4.69, 9.17) is 0 Å². The summed E-state index contributed by atoms with van der Waals surface area (Å²) in [4.78, 5) is 5.10. The topological polar surface area (TPSA) is 6.48 Å². The molecule has 7 aromatic carbocycles. The van der Waals surface area contributed by atoms with Gasteiger partial charge in [-0.1, -0.05) is 133 Å². The summed E-state index contributed by atoms with van der Waals surface area (Å²) in [6.45, 7) is 7.54. The summed E-state index contributed by atoms with van der Waals surface area (Å²) in [5, 5.41) is 3.12. The molecule has 7 aromatic rings. The molecule has 0 radical (unpaired) electrons. The number of aryl methyl sites for hydroxylation is 1. The van der Waals surface area contributed by atoms with E-state index in [1.165, 1.54) is 78.3 Å². The van der Waals surface area contributed by atoms with Crippen molar-refractivity contribution in [1.82, 2.24) is 0 Å². The van der Waals surface area contributed by atoms with Crippen molar-refractivity contribution >= 4 is 75.7 Å². The predicted octanol–water partition coefficient (Wildman–Crippen LogP) is 8.55. The van der Waals surface area contributed by atoms with Crippen LogP contribution in [0.2, 0.25) is 13.1 Å². The van der Waals surface area contributed by atoms with E-state index in [1.807, 2.05) is 0 Å². The number of anilines is 6. The minimum Gasteiger partial charge on any atom is -0.311 e. The molecule has 0 aromatic heterocycles. The lowest BCUT2D eigenvalue weighted by atomic mass is 9.33. The van der Waals surface area contributed by atoms with Crippen LogP contribution in [0, 0.1) is 6.92 Å². The van der Waals surface area contributed by atoms with Crippen LogP contribution in [-0.4, -0.2) is 14.8 Å². The molecule has 3 aliphatic heterocycles. The number of hydrogen-bond donors (Lipinski definition) is 0. The SMILES string of the molecule is Cc1cc2c3c(c1)N(c1ccc(-c4ccccc4)cc1)c1cccc4c1B3c1c(cccc1[Si]4(C)C)N2c1ccc(-c2ccccc2)cc1. The maximum atomic E-state index is 2.55. The maximum Gasteiger partial charge on any atom is 0.251 e. The number of nitrogens with zero attached hydrogens (tertiary/aromatic N) is 2.